The highest BCUT2D eigenvalue weighted by Gasteiger charge is 2.36. The molecule has 2 aromatic carbocycles. The van der Waals surface area contributed by atoms with Gasteiger partial charge < -0.3 is 14.8 Å². The number of nitrogens with zero attached hydrogens (tertiary/aromatic N) is 2. The molecule has 3 aromatic rings. The molecule has 2 bridgehead atoms. The Kier molecular flexibility index (Phi) is 5.25. The predicted octanol–water partition coefficient (Wildman–Crippen LogP) is 4.00. The average molecular weight is 435 g/mol. The van der Waals surface area contributed by atoms with Crippen LogP contribution in [0.1, 0.15) is 34.0 Å². The van der Waals surface area contributed by atoms with Gasteiger partial charge in [0.2, 0.25) is 0 Å². The number of hydrogen-bond acceptors (Lipinski definition) is 3. The van der Waals surface area contributed by atoms with E-state index in [0.717, 1.165) is 17.7 Å². The van der Waals surface area contributed by atoms with Gasteiger partial charge >= 0.3 is 0 Å². The first-order valence-electron chi connectivity index (χ1n) is 10.7. The van der Waals surface area contributed by atoms with E-state index >= 15 is 0 Å². The van der Waals surface area contributed by atoms with E-state index in [1.165, 1.54) is 36.4 Å². The van der Waals surface area contributed by atoms with E-state index in [1.54, 1.807) is 18.2 Å². The summed E-state index contributed by atoms with van der Waals surface area (Å²) in [6.07, 6.45) is 0.939. The lowest BCUT2D eigenvalue weighted by Crippen LogP contribution is -2.49. The zero-order valence-electron chi connectivity index (χ0n) is 17.4. The van der Waals surface area contributed by atoms with Crippen LogP contribution in [-0.4, -0.2) is 28.5 Å². The van der Waals surface area contributed by atoms with Gasteiger partial charge in [-0.3, -0.25) is 9.59 Å². The highest BCUT2D eigenvalue weighted by molar-refractivity contribution is 5.94. The van der Waals surface area contributed by atoms with E-state index in [1.807, 2.05) is 15.5 Å². The summed E-state index contributed by atoms with van der Waals surface area (Å²) >= 11 is 0. The van der Waals surface area contributed by atoms with Gasteiger partial charge in [-0.05, 0) is 66.4 Å². The van der Waals surface area contributed by atoms with Crippen LogP contribution in [0.2, 0.25) is 0 Å². The Balaban J connectivity index is 1.34. The quantitative estimate of drug-likeness (QED) is 0.674. The second kappa shape index (κ2) is 8.22. The molecule has 2 atom stereocenters. The van der Waals surface area contributed by atoms with E-state index < -0.39 is 0 Å². The Labute approximate surface area is 184 Å². The van der Waals surface area contributed by atoms with Crippen molar-refractivity contribution in [2.45, 2.75) is 25.4 Å². The monoisotopic (exact) mass is 435 g/mol. The van der Waals surface area contributed by atoms with Gasteiger partial charge in [-0.15, -0.1) is 0 Å². The Hall–Kier alpha value is -3.48. The molecule has 2 aliphatic rings. The molecule has 5 rings (SSSR count). The van der Waals surface area contributed by atoms with Crippen molar-refractivity contribution >= 4 is 11.6 Å². The van der Waals surface area contributed by atoms with Crippen LogP contribution in [0.15, 0.2) is 65.5 Å². The Bertz CT molecular complexity index is 1210. The number of carbonyl (C=O) groups is 1. The first-order valence-corrected chi connectivity index (χ1v) is 10.7. The molecule has 0 saturated carbocycles. The van der Waals surface area contributed by atoms with Gasteiger partial charge in [-0.25, -0.2) is 8.78 Å². The first kappa shape index (κ1) is 20.4. The minimum atomic E-state index is -0.366. The highest BCUT2D eigenvalue weighted by atomic mass is 19.1. The van der Waals surface area contributed by atoms with Gasteiger partial charge in [0, 0.05) is 43.4 Å². The molecule has 0 spiro atoms. The molecule has 5 nitrogen and oxygen atoms in total. The van der Waals surface area contributed by atoms with E-state index in [0.29, 0.717) is 37.4 Å². The van der Waals surface area contributed by atoms with Crippen LogP contribution in [0.4, 0.5) is 14.5 Å². The van der Waals surface area contributed by atoms with Gasteiger partial charge in [0.25, 0.3) is 11.5 Å². The molecule has 0 unspecified atom stereocenters. The number of pyridine rings is 1. The van der Waals surface area contributed by atoms with Gasteiger partial charge in [0.1, 0.15) is 17.3 Å². The Morgan fingerprint density at radius 2 is 1.59 bits per heavy atom. The maximum Gasteiger partial charge on any atom is 0.274 e. The Morgan fingerprint density at radius 3 is 2.31 bits per heavy atom. The number of benzene rings is 2. The van der Waals surface area contributed by atoms with E-state index in [4.69, 9.17) is 0 Å². The largest absolute Gasteiger partial charge is 0.377 e. The fourth-order valence-corrected chi connectivity index (χ4v) is 4.82. The zero-order chi connectivity index (χ0) is 22.2. The smallest absolute Gasteiger partial charge is 0.274 e. The summed E-state index contributed by atoms with van der Waals surface area (Å²) in [5.41, 5.74) is 2.74. The van der Waals surface area contributed by atoms with Crippen molar-refractivity contribution in [2.75, 3.05) is 18.4 Å². The van der Waals surface area contributed by atoms with E-state index in [-0.39, 0.29) is 34.9 Å². The molecule has 0 radical (unpaired) electrons. The fraction of sp³-hybridized carbons (Fsp3) is 0.280. The van der Waals surface area contributed by atoms with Crippen molar-refractivity contribution in [1.82, 2.24) is 9.47 Å². The van der Waals surface area contributed by atoms with Crippen LogP contribution in [0.5, 0.6) is 0 Å². The number of carbonyl (C=O) groups excluding carboxylic acids is 1. The summed E-state index contributed by atoms with van der Waals surface area (Å²) in [6, 6.07) is 15.6. The van der Waals surface area contributed by atoms with Gasteiger partial charge in [-0.1, -0.05) is 12.1 Å². The van der Waals surface area contributed by atoms with Gasteiger partial charge in [-0.2, -0.15) is 0 Å². The van der Waals surface area contributed by atoms with Crippen molar-refractivity contribution in [2.24, 2.45) is 5.92 Å². The third-order valence-corrected chi connectivity index (χ3v) is 6.38. The molecular weight excluding hydrogens is 412 g/mol. The molecule has 3 heterocycles. The molecule has 164 valence electrons. The van der Waals surface area contributed by atoms with Crippen molar-refractivity contribution in [3.8, 4) is 0 Å². The maximum absolute atomic E-state index is 13.2. The van der Waals surface area contributed by atoms with Crippen LogP contribution in [0, 0.1) is 17.6 Å². The number of amides is 1. The number of fused-ring (bicyclic) bond motifs is 4. The van der Waals surface area contributed by atoms with E-state index in [9.17, 15) is 18.4 Å². The maximum atomic E-state index is 13.2. The van der Waals surface area contributed by atoms with Crippen molar-refractivity contribution in [3.05, 3.63) is 99.5 Å². The SMILES string of the molecule is O=C(c1ccc(F)cc1)N1C[C@@H]2C[C@H](C1)c1ccc(NCc3ccc(F)cc3)c(=O)n1C2. The van der Waals surface area contributed by atoms with E-state index in [2.05, 4.69) is 5.32 Å². The first-order chi connectivity index (χ1) is 15.5. The molecule has 1 aromatic heterocycles. The second-order valence-corrected chi connectivity index (χ2v) is 8.58. The van der Waals surface area contributed by atoms with Crippen molar-refractivity contribution in [1.29, 1.82) is 0 Å². The number of piperidine rings is 1. The highest BCUT2D eigenvalue weighted by Crippen LogP contribution is 2.36. The molecule has 7 heteroatoms. The average Bonchev–Trinajstić information content (AvgIpc) is 2.80. The Morgan fingerprint density at radius 1 is 0.906 bits per heavy atom. The number of halogens is 2. The summed E-state index contributed by atoms with van der Waals surface area (Å²) < 4.78 is 28.1. The lowest BCUT2D eigenvalue weighted by atomic mass is 9.83. The summed E-state index contributed by atoms with van der Waals surface area (Å²) in [4.78, 5) is 27.9. The number of aromatic nitrogens is 1. The van der Waals surface area contributed by atoms with Gasteiger partial charge in [0.15, 0.2) is 0 Å². The second-order valence-electron chi connectivity index (χ2n) is 8.58. The number of hydrogen-bond donors (Lipinski definition) is 1. The van der Waals surface area contributed by atoms with Crippen LogP contribution < -0.4 is 10.9 Å². The van der Waals surface area contributed by atoms with Crippen molar-refractivity contribution in [3.63, 3.8) is 0 Å². The zero-order valence-corrected chi connectivity index (χ0v) is 17.4. The summed E-state index contributed by atoms with van der Waals surface area (Å²) in [5, 5.41) is 3.17. The lowest BCUT2D eigenvalue weighted by Gasteiger charge is -2.43. The molecule has 1 amide bonds. The molecule has 1 N–H and O–H groups in total. The summed E-state index contributed by atoms with van der Waals surface area (Å²) in [6.45, 7) is 2.10. The van der Waals surface area contributed by atoms with Crippen LogP contribution >= 0.6 is 0 Å². The third-order valence-electron chi connectivity index (χ3n) is 6.38. The molecule has 32 heavy (non-hydrogen) atoms. The molecule has 0 aliphatic carbocycles. The molecular formula is C25H23F2N3O2. The standard InChI is InChI=1S/C25H23F2N3O2/c26-20-5-1-16(2-6-20)12-28-22-9-10-23-19-11-17(14-30(23)25(22)32)13-29(15-19)24(31)18-3-7-21(27)8-4-18/h1-10,17,19,28H,11-15H2/t17-,19+/m0/s1. The normalized spacial score (nSPS) is 19.4. The minimum absolute atomic E-state index is 0.0716. The molecule has 1 saturated heterocycles. The molecule has 2 aliphatic heterocycles. The fourth-order valence-electron chi connectivity index (χ4n) is 4.82. The van der Waals surface area contributed by atoms with Crippen molar-refractivity contribution < 1.29 is 13.6 Å². The van der Waals surface area contributed by atoms with Gasteiger partial charge in [0.05, 0.1) is 0 Å². The summed E-state index contributed by atoms with van der Waals surface area (Å²) in [5.74, 6) is -0.482. The number of likely N-dealkylation sites (tertiary alicyclic amines) is 1. The number of rotatable bonds is 4. The minimum Gasteiger partial charge on any atom is -0.377 e. The molecule has 1 fully saturated rings. The van der Waals surface area contributed by atoms with Crippen LogP contribution in [0.25, 0.3) is 0 Å². The lowest BCUT2D eigenvalue weighted by molar-refractivity contribution is 0.0594. The number of nitrogens with one attached hydrogen (secondary N) is 1. The predicted molar refractivity (Wildman–Crippen MR) is 118 cm³/mol. The van der Waals surface area contributed by atoms with Crippen LogP contribution in [-0.2, 0) is 13.1 Å². The van der Waals surface area contributed by atoms with Crippen LogP contribution in [0.3, 0.4) is 0 Å². The third kappa shape index (κ3) is 3.90. The summed E-state index contributed by atoms with van der Waals surface area (Å²) in [7, 11) is 0. The number of anilines is 1. The topological polar surface area (TPSA) is 54.3 Å².